The van der Waals surface area contributed by atoms with E-state index in [9.17, 15) is 0 Å². The summed E-state index contributed by atoms with van der Waals surface area (Å²) in [4.78, 5) is 8.72. The third-order valence-corrected chi connectivity index (χ3v) is 7.15. The lowest BCUT2D eigenvalue weighted by Gasteiger charge is -2.34. The highest BCUT2D eigenvalue weighted by molar-refractivity contribution is 7.99. The molecule has 1 saturated heterocycles. The minimum atomic E-state index is 0. The van der Waals surface area contributed by atoms with Gasteiger partial charge in [0.2, 0.25) is 0 Å². The fourth-order valence-electron chi connectivity index (χ4n) is 4.35. The Hall–Kier alpha value is -0.910. The van der Waals surface area contributed by atoms with Crippen LogP contribution in [0.5, 0.6) is 0 Å². The lowest BCUT2D eigenvalue weighted by atomic mass is 10.0. The second-order valence-electron chi connectivity index (χ2n) is 7.87. The van der Waals surface area contributed by atoms with E-state index in [1.807, 2.05) is 11.8 Å². The van der Waals surface area contributed by atoms with Gasteiger partial charge in [0.1, 0.15) is 0 Å². The quantitative estimate of drug-likeness (QED) is 0.490. The molecular weight excluding hydrogens is 409 g/mol. The lowest BCUT2D eigenvalue weighted by Crippen LogP contribution is -3.18. The number of anilines is 2. The Labute approximate surface area is 186 Å². The Bertz CT molecular complexity index is 705. The molecule has 0 aromatic heterocycles. The highest BCUT2D eigenvalue weighted by Gasteiger charge is 2.27. The van der Waals surface area contributed by atoms with Gasteiger partial charge in [0, 0.05) is 35.6 Å². The summed E-state index contributed by atoms with van der Waals surface area (Å²) < 4.78 is 0. The van der Waals surface area contributed by atoms with Crippen molar-refractivity contribution in [2.24, 2.45) is 0 Å². The molecule has 0 aliphatic carbocycles. The number of fused-ring (bicyclic) bond motifs is 2. The van der Waals surface area contributed by atoms with Crippen molar-refractivity contribution in [3.63, 3.8) is 0 Å². The van der Waals surface area contributed by atoms with Crippen molar-refractivity contribution in [3.8, 4) is 0 Å². The van der Waals surface area contributed by atoms with Crippen molar-refractivity contribution in [3.05, 3.63) is 48.5 Å². The predicted molar refractivity (Wildman–Crippen MR) is 110 cm³/mol. The maximum absolute atomic E-state index is 2.53. The van der Waals surface area contributed by atoms with Crippen LogP contribution in [0.1, 0.15) is 19.3 Å². The van der Waals surface area contributed by atoms with E-state index in [4.69, 9.17) is 0 Å². The van der Waals surface area contributed by atoms with Crippen LogP contribution in [-0.4, -0.2) is 46.3 Å². The van der Waals surface area contributed by atoms with Gasteiger partial charge in [0.15, 0.2) is 0 Å². The van der Waals surface area contributed by atoms with Gasteiger partial charge in [-0.2, -0.15) is 0 Å². The van der Waals surface area contributed by atoms with Crippen LogP contribution in [0.15, 0.2) is 58.3 Å². The highest BCUT2D eigenvalue weighted by atomic mass is 35.5. The van der Waals surface area contributed by atoms with E-state index in [1.165, 1.54) is 60.1 Å². The summed E-state index contributed by atoms with van der Waals surface area (Å²) in [6.45, 7) is 5.04. The van der Waals surface area contributed by atoms with Crippen molar-refractivity contribution >= 4 is 23.1 Å². The van der Waals surface area contributed by atoms with Gasteiger partial charge in [-0.3, -0.25) is 0 Å². The minimum absolute atomic E-state index is 0. The smallest absolute Gasteiger partial charge is 0.0981 e. The van der Waals surface area contributed by atoms with Crippen LogP contribution in [0.3, 0.4) is 0 Å². The van der Waals surface area contributed by atoms with Crippen molar-refractivity contribution in [2.75, 3.05) is 45.2 Å². The molecular formula is C22H31Cl2N3S. The predicted octanol–water partition coefficient (Wildman–Crippen LogP) is -4.12. The zero-order valence-electron chi connectivity index (χ0n) is 16.8. The first-order valence-corrected chi connectivity index (χ1v) is 10.8. The summed E-state index contributed by atoms with van der Waals surface area (Å²) in [6.07, 6.45) is 3.99. The van der Waals surface area contributed by atoms with Crippen LogP contribution in [0.4, 0.5) is 11.4 Å². The first-order chi connectivity index (χ1) is 12.7. The van der Waals surface area contributed by atoms with Gasteiger partial charge < -0.3 is 39.5 Å². The van der Waals surface area contributed by atoms with Crippen LogP contribution in [0, 0.1) is 0 Å². The van der Waals surface area contributed by atoms with Crippen molar-refractivity contribution in [2.45, 2.75) is 35.1 Å². The van der Waals surface area contributed by atoms with E-state index in [0.29, 0.717) is 0 Å². The summed E-state index contributed by atoms with van der Waals surface area (Å²) in [5.41, 5.74) is 2.74. The fraction of sp³-hybridized carbons (Fsp3) is 0.455. The number of benzene rings is 2. The molecule has 1 atom stereocenters. The standard InChI is InChI=1S/C22H29N3S.2ClH/c1-23-16-12-18(13-17-23)24(2)14-7-15-25-19-8-3-5-10-21(19)26-22-11-6-4-9-20(22)25;;/h3-6,8-11,18H,7,12-17H2,1-2H3;2*1H. The molecule has 2 aliphatic rings. The van der Waals surface area contributed by atoms with Crippen molar-refractivity contribution < 1.29 is 34.6 Å². The third kappa shape index (κ3) is 5.17. The van der Waals surface area contributed by atoms with Crippen LogP contribution in [-0.2, 0) is 0 Å². The maximum atomic E-state index is 2.53. The molecule has 0 amide bonds. The van der Waals surface area contributed by atoms with E-state index in [-0.39, 0.29) is 24.8 Å². The zero-order valence-corrected chi connectivity index (χ0v) is 19.1. The molecule has 6 heteroatoms. The van der Waals surface area contributed by atoms with Gasteiger partial charge in [-0.15, -0.1) is 0 Å². The largest absolute Gasteiger partial charge is 1.00 e. The second-order valence-corrected chi connectivity index (χ2v) is 8.95. The molecule has 2 heterocycles. The number of piperidine rings is 1. The van der Waals surface area contributed by atoms with Gasteiger partial charge in [-0.05, 0) is 24.3 Å². The summed E-state index contributed by atoms with van der Waals surface area (Å²) in [7, 11) is 4.73. The van der Waals surface area contributed by atoms with Gasteiger partial charge in [0.05, 0.1) is 51.1 Å². The molecule has 3 nitrogen and oxygen atoms in total. The number of nitrogens with one attached hydrogen (secondary N) is 2. The Morgan fingerprint density at radius 3 is 2.07 bits per heavy atom. The number of quaternary nitrogens is 2. The summed E-state index contributed by atoms with van der Waals surface area (Å²) in [6, 6.07) is 18.5. The van der Waals surface area contributed by atoms with E-state index in [2.05, 4.69) is 67.5 Å². The van der Waals surface area contributed by atoms with Crippen molar-refractivity contribution in [1.29, 1.82) is 0 Å². The number of rotatable bonds is 5. The third-order valence-electron chi connectivity index (χ3n) is 6.02. The van der Waals surface area contributed by atoms with E-state index in [0.717, 1.165) is 12.6 Å². The van der Waals surface area contributed by atoms with Gasteiger partial charge >= 0.3 is 0 Å². The molecule has 154 valence electrons. The van der Waals surface area contributed by atoms with E-state index in [1.54, 1.807) is 9.80 Å². The van der Waals surface area contributed by atoms with Gasteiger partial charge in [0.25, 0.3) is 0 Å². The maximum Gasteiger partial charge on any atom is 0.0981 e. The SMILES string of the molecule is C[NH+]1CCC([NH+](C)CCCN2c3ccccc3Sc3ccccc32)CC1.[Cl-].[Cl-]. The van der Waals surface area contributed by atoms with Crippen LogP contribution < -0.4 is 39.5 Å². The topological polar surface area (TPSA) is 12.1 Å². The molecule has 2 aromatic carbocycles. The molecule has 0 bridgehead atoms. The van der Waals surface area contributed by atoms with Crippen LogP contribution in [0.25, 0.3) is 0 Å². The summed E-state index contributed by atoms with van der Waals surface area (Å²) in [5.74, 6) is 0. The number of nitrogens with zero attached hydrogens (tertiary/aromatic N) is 1. The highest BCUT2D eigenvalue weighted by Crippen LogP contribution is 2.47. The van der Waals surface area contributed by atoms with E-state index >= 15 is 0 Å². The molecule has 0 saturated carbocycles. The monoisotopic (exact) mass is 439 g/mol. The summed E-state index contributed by atoms with van der Waals surface area (Å²) in [5, 5.41) is 0. The average Bonchev–Trinajstić information content (AvgIpc) is 2.68. The minimum Gasteiger partial charge on any atom is -1.00 e. The fourth-order valence-corrected chi connectivity index (χ4v) is 5.44. The Morgan fingerprint density at radius 2 is 1.50 bits per heavy atom. The average molecular weight is 440 g/mol. The number of halogens is 2. The molecule has 2 aromatic rings. The molecule has 0 radical (unpaired) electrons. The number of hydrogen-bond acceptors (Lipinski definition) is 2. The molecule has 2 aliphatic heterocycles. The molecule has 28 heavy (non-hydrogen) atoms. The molecule has 2 N–H and O–H groups in total. The van der Waals surface area contributed by atoms with Gasteiger partial charge in [-0.1, -0.05) is 36.0 Å². The first-order valence-electron chi connectivity index (χ1n) is 9.99. The molecule has 1 unspecified atom stereocenters. The first kappa shape index (κ1) is 23.4. The van der Waals surface area contributed by atoms with Crippen LogP contribution in [0.2, 0.25) is 0 Å². The van der Waals surface area contributed by atoms with Crippen molar-refractivity contribution in [1.82, 2.24) is 0 Å². The number of hydrogen-bond donors (Lipinski definition) is 2. The molecule has 4 rings (SSSR count). The normalized spacial score (nSPS) is 21.6. The number of likely N-dealkylation sites (tertiary alicyclic amines) is 1. The Morgan fingerprint density at radius 1 is 0.964 bits per heavy atom. The number of para-hydroxylation sites is 2. The van der Waals surface area contributed by atoms with E-state index < -0.39 is 0 Å². The Kier molecular flexibility index (Phi) is 8.97. The van der Waals surface area contributed by atoms with Gasteiger partial charge in [-0.25, -0.2) is 0 Å². The summed E-state index contributed by atoms with van der Waals surface area (Å²) >= 11 is 1.90. The zero-order chi connectivity index (χ0) is 17.9. The lowest BCUT2D eigenvalue weighted by molar-refractivity contribution is -0.939. The molecule has 0 spiro atoms. The second kappa shape index (κ2) is 10.7. The Balaban J connectivity index is 0.00000140. The van der Waals surface area contributed by atoms with Crippen LogP contribution >= 0.6 is 11.8 Å². The molecule has 1 fully saturated rings.